The van der Waals surface area contributed by atoms with E-state index in [0.717, 1.165) is 0 Å². The number of nitrogens with one attached hydrogen (secondary N) is 2. The Morgan fingerprint density at radius 1 is 1.29 bits per heavy atom. The van der Waals surface area contributed by atoms with Crippen LogP contribution in [0.2, 0.25) is 5.28 Å². The van der Waals surface area contributed by atoms with Crippen molar-refractivity contribution >= 4 is 23.5 Å². The third-order valence-corrected chi connectivity index (χ3v) is 2.45. The minimum Gasteiger partial charge on any atom is -0.354 e. The van der Waals surface area contributed by atoms with Crippen molar-refractivity contribution in [2.75, 3.05) is 17.2 Å². The minimum absolute atomic E-state index is 0.0924. The quantitative estimate of drug-likeness (QED) is 0.836. The molecule has 1 rings (SSSR count). The summed E-state index contributed by atoms with van der Waals surface area (Å²) in [6, 6.07) is 2.17. The van der Waals surface area contributed by atoms with Gasteiger partial charge in [-0.25, -0.2) is 0 Å². The number of aromatic nitrogens is 3. The van der Waals surface area contributed by atoms with Gasteiger partial charge >= 0.3 is 0 Å². The van der Waals surface area contributed by atoms with Crippen LogP contribution >= 0.6 is 11.6 Å². The molecule has 0 aromatic carbocycles. The van der Waals surface area contributed by atoms with Crippen molar-refractivity contribution in [3.8, 4) is 6.07 Å². The third-order valence-electron chi connectivity index (χ3n) is 2.28. The van der Waals surface area contributed by atoms with Gasteiger partial charge in [0, 0.05) is 6.54 Å². The number of nitrogens with zero attached hydrogens (tertiary/aromatic N) is 4. The van der Waals surface area contributed by atoms with Gasteiger partial charge in [0.15, 0.2) is 0 Å². The Morgan fingerprint density at radius 2 is 1.94 bits per heavy atom. The Kier molecular flexibility index (Phi) is 4.46. The van der Waals surface area contributed by atoms with Gasteiger partial charge in [0.05, 0.1) is 6.07 Å². The summed E-state index contributed by atoms with van der Waals surface area (Å²) in [6.45, 7) is 6.29. The first-order valence-electron chi connectivity index (χ1n) is 5.38. The van der Waals surface area contributed by atoms with Crippen LogP contribution in [0.1, 0.15) is 27.2 Å². The first-order chi connectivity index (χ1) is 8.03. The number of anilines is 2. The lowest BCUT2D eigenvalue weighted by atomic mass is 10.0. The summed E-state index contributed by atoms with van der Waals surface area (Å²) >= 11 is 5.78. The van der Waals surface area contributed by atoms with E-state index in [9.17, 15) is 0 Å². The molecule has 0 bridgehead atoms. The van der Waals surface area contributed by atoms with Crippen molar-refractivity contribution in [2.45, 2.75) is 32.7 Å². The molecular weight excluding hydrogens is 240 g/mol. The van der Waals surface area contributed by atoms with E-state index >= 15 is 0 Å². The second kappa shape index (κ2) is 5.64. The van der Waals surface area contributed by atoms with E-state index in [1.165, 1.54) is 0 Å². The van der Waals surface area contributed by atoms with E-state index < -0.39 is 5.54 Å². The maximum absolute atomic E-state index is 9.06. The largest absolute Gasteiger partial charge is 0.354 e. The monoisotopic (exact) mass is 254 g/mol. The van der Waals surface area contributed by atoms with Crippen LogP contribution in [0.3, 0.4) is 0 Å². The van der Waals surface area contributed by atoms with Gasteiger partial charge in [0.1, 0.15) is 5.54 Å². The van der Waals surface area contributed by atoms with E-state index in [1.54, 1.807) is 6.92 Å². The predicted molar refractivity (Wildman–Crippen MR) is 66.9 cm³/mol. The Labute approximate surface area is 105 Å². The molecule has 7 heteroatoms. The van der Waals surface area contributed by atoms with Gasteiger partial charge in [-0.2, -0.15) is 20.2 Å². The minimum atomic E-state index is -0.714. The van der Waals surface area contributed by atoms with Crippen LogP contribution in [0, 0.1) is 11.3 Å². The van der Waals surface area contributed by atoms with Crippen LogP contribution in [0.15, 0.2) is 0 Å². The van der Waals surface area contributed by atoms with Crippen LogP contribution in [-0.2, 0) is 0 Å². The fourth-order valence-corrected chi connectivity index (χ4v) is 1.25. The summed E-state index contributed by atoms with van der Waals surface area (Å²) in [5.41, 5.74) is -0.714. The number of nitriles is 1. The summed E-state index contributed by atoms with van der Waals surface area (Å²) < 4.78 is 0. The van der Waals surface area contributed by atoms with Crippen LogP contribution in [0.25, 0.3) is 0 Å². The summed E-state index contributed by atoms with van der Waals surface area (Å²) in [7, 11) is 0. The molecular formula is C10H15ClN6. The van der Waals surface area contributed by atoms with Gasteiger partial charge < -0.3 is 10.6 Å². The second-order valence-corrected chi connectivity index (χ2v) is 4.04. The molecule has 0 unspecified atom stereocenters. The van der Waals surface area contributed by atoms with Gasteiger partial charge in [0.25, 0.3) is 0 Å². The SMILES string of the molecule is CCNc1nc(Cl)nc(N[C@](C)(C#N)CC)n1. The molecule has 0 aliphatic heterocycles. The van der Waals surface area contributed by atoms with Crippen LogP contribution in [0.4, 0.5) is 11.9 Å². The highest BCUT2D eigenvalue weighted by atomic mass is 35.5. The van der Waals surface area contributed by atoms with Crippen molar-refractivity contribution in [1.82, 2.24) is 15.0 Å². The highest BCUT2D eigenvalue weighted by Gasteiger charge is 2.22. The molecule has 0 saturated carbocycles. The molecule has 0 spiro atoms. The van der Waals surface area contributed by atoms with Crippen molar-refractivity contribution in [3.63, 3.8) is 0 Å². The molecule has 1 heterocycles. The molecule has 0 aliphatic rings. The van der Waals surface area contributed by atoms with E-state index in [1.807, 2.05) is 13.8 Å². The lowest BCUT2D eigenvalue weighted by molar-refractivity contribution is 0.618. The first kappa shape index (κ1) is 13.5. The summed E-state index contributed by atoms with van der Waals surface area (Å²) in [5, 5.41) is 15.0. The molecule has 92 valence electrons. The maximum Gasteiger partial charge on any atom is 0.230 e. The number of rotatable bonds is 5. The Hall–Kier alpha value is -1.61. The standard InChI is InChI=1S/C10H15ClN6/c1-4-10(3,6-12)17-9-15-7(11)14-8(16-9)13-5-2/h4-5H2,1-3H3,(H2,13,14,15,16,17)/t10-/m0/s1. The van der Waals surface area contributed by atoms with Gasteiger partial charge in [-0.1, -0.05) is 6.92 Å². The van der Waals surface area contributed by atoms with Crippen LogP contribution in [0.5, 0.6) is 0 Å². The van der Waals surface area contributed by atoms with Gasteiger partial charge in [0.2, 0.25) is 17.2 Å². The number of hydrogen-bond acceptors (Lipinski definition) is 6. The highest BCUT2D eigenvalue weighted by molar-refractivity contribution is 6.28. The molecule has 0 amide bonds. The predicted octanol–water partition coefficient (Wildman–Crippen LogP) is 2.06. The fourth-order valence-electron chi connectivity index (χ4n) is 1.09. The van der Waals surface area contributed by atoms with Gasteiger partial charge in [-0.3, -0.25) is 0 Å². The molecule has 17 heavy (non-hydrogen) atoms. The lowest BCUT2D eigenvalue weighted by Crippen LogP contribution is -2.33. The molecule has 2 N–H and O–H groups in total. The molecule has 1 aromatic rings. The smallest absolute Gasteiger partial charge is 0.230 e. The van der Waals surface area contributed by atoms with E-state index in [4.69, 9.17) is 16.9 Å². The Morgan fingerprint density at radius 3 is 2.47 bits per heavy atom. The zero-order chi connectivity index (χ0) is 12.9. The average Bonchev–Trinajstić information content (AvgIpc) is 2.28. The molecule has 1 atom stereocenters. The van der Waals surface area contributed by atoms with E-state index in [-0.39, 0.29) is 5.28 Å². The highest BCUT2D eigenvalue weighted by Crippen LogP contribution is 2.16. The van der Waals surface area contributed by atoms with Crippen molar-refractivity contribution in [1.29, 1.82) is 5.26 Å². The lowest BCUT2D eigenvalue weighted by Gasteiger charge is -2.21. The average molecular weight is 255 g/mol. The molecule has 0 fully saturated rings. The van der Waals surface area contributed by atoms with E-state index in [0.29, 0.717) is 24.9 Å². The fraction of sp³-hybridized carbons (Fsp3) is 0.600. The second-order valence-electron chi connectivity index (χ2n) is 3.70. The molecule has 0 aliphatic carbocycles. The zero-order valence-corrected chi connectivity index (χ0v) is 10.8. The van der Waals surface area contributed by atoms with Crippen LogP contribution < -0.4 is 10.6 Å². The maximum atomic E-state index is 9.06. The normalized spacial score (nSPS) is 13.6. The van der Waals surface area contributed by atoms with Crippen molar-refractivity contribution < 1.29 is 0 Å². The Balaban J connectivity index is 2.95. The molecule has 6 nitrogen and oxygen atoms in total. The topological polar surface area (TPSA) is 86.5 Å². The first-order valence-corrected chi connectivity index (χ1v) is 5.75. The zero-order valence-electron chi connectivity index (χ0n) is 10.1. The van der Waals surface area contributed by atoms with Crippen molar-refractivity contribution in [2.24, 2.45) is 0 Å². The molecule has 0 radical (unpaired) electrons. The molecule has 1 aromatic heterocycles. The molecule has 0 saturated heterocycles. The summed E-state index contributed by atoms with van der Waals surface area (Å²) in [4.78, 5) is 12.0. The third kappa shape index (κ3) is 3.71. The summed E-state index contributed by atoms with van der Waals surface area (Å²) in [6.07, 6.45) is 0.628. The van der Waals surface area contributed by atoms with Gasteiger partial charge in [-0.15, -0.1) is 0 Å². The Bertz CT molecular complexity index is 429. The van der Waals surface area contributed by atoms with Crippen LogP contribution in [-0.4, -0.2) is 27.0 Å². The number of halogens is 1. The van der Waals surface area contributed by atoms with Crippen molar-refractivity contribution in [3.05, 3.63) is 5.28 Å². The van der Waals surface area contributed by atoms with E-state index in [2.05, 4.69) is 31.7 Å². The number of hydrogen-bond donors (Lipinski definition) is 2. The van der Waals surface area contributed by atoms with Gasteiger partial charge in [-0.05, 0) is 31.9 Å². The summed E-state index contributed by atoms with van der Waals surface area (Å²) in [5.74, 6) is 0.693.